The van der Waals surface area contributed by atoms with E-state index in [1.807, 2.05) is 55.5 Å². The number of ketones is 1. The van der Waals surface area contributed by atoms with E-state index in [0.29, 0.717) is 0 Å². The van der Waals surface area contributed by atoms with Gasteiger partial charge in [0.15, 0.2) is 0 Å². The van der Waals surface area contributed by atoms with Crippen molar-refractivity contribution in [2.24, 2.45) is 0 Å². The second kappa shape index (κ2) is 27.5. The summed E-state index contributed by atoms with van der Waals surface area (Å²) in [6.07, 6.45) is 6.54. The van der Waals surface area contributed by atoms with Crippen LogP contribution in [0.5, 0.6) is 0 Å². The maximum absolute atomic E-state index is 9.44. The van der Waals surface area contributed by atoms with Crippen LogP contribution in [-0.2, 0) is 11.2 Å². The molecule has 0 N–H and O–H groups in total. The zero-order chi connectivity index (χ0) is 38.6. The van der Waals surface area contributed by atoms with E-state index in [0.717, 1.165) is 17.6 Å². The van der Waals surface area contributed by atoms with Crippen LogP contribution in [-0.4, -0.2) is 5.78 Å². The van der Waals surface area contributed by atoms with E-state index >= 15 is 0 Å². The van der Waals surface area contributed by atoms with E-state index in [1.54, 1.807) is 6.08 Å². The summed E-state index contributed by atoms with van der Waals surface area (Å²) in [6, 6.07) is 44.2. The highest BCUT2D eigenvalue weighted by Crippen LogP contribution is 2.27. The molecule has 268 valence electrons. The maximum Gasteiger partial charge on any atom is 0.126 e. The van der Waals surface area contributed by atoms with E-state index in [9.17, 15) is 4.79 Å². The van der Waals surface area contributed by atoms with Gasteiger partial charge >= 0.3 is 0 Å². The van der Waals surface area contributed by atoms with Crippen molar-refractivity contribution < 1.29 is 4.79 Å². The molecule has 0 unspecified atom stereocenters. The molecule has 0 bridgehead atoms. The Kier molecular flexibility index (Phi) is 24.7. The molecule has 0 aliphatic rings. The van der Waals surface area contributed by atoms with Crippen molar-refractivity contribution in [3.8, 4) is 11.1 Å². The van der Waals surface area contributed by atoms with Gasteiger partial charge < -0.3 is 4.79 Å². The summed E-state index contributed by atoms with van der Waals surface area (Å²) in [4.78, 5) is 9.44. The molecule has 0 aliphatic heterocycles. The van der Waals surface area contributed by atoms with Crippen LogP contribution in [0.3, 0.4) is 0 Å². The Bertz CT molecular complexity index is 1690. The van der Waals surface area contributed by atoms with E-state index in [1.165, 1.54) is 63.9 Å². The van der Waals surface area contributed by atoms with Gasteiger partial charge in [0.1, 0.15) is 5.78 Å². The predicted octanol–water partition coefficient (Wildman–Crippen LogP) is 14.3. The number of carbonyl (C=O) groups excluding carboxylic acids is 1. The fourth-order valence-corrected chi connectivity index (χ4v) is 4.11. The molecular formula is C50H62O. The van der Waals surface area contributed by atoms with E-state index in [-0.39, 0.29) is 5.78 Å². The molecule has 0 atom stereocenters. The molecule has 5 aromatic rings. The first-order chi connectivity index (χ1) is 24.2. The molecule has 0 saturated heterocycles. The first-order valence-electron chi connectivity index (χ1n) is 17.5. The summed E-state index contributed by atoms with van der Waals surface area (Å²) in [5, 5.41) is 0. The Labute approximate surface area is 311 Å². The van der Waals surface area contributed by atoms with Crippen molar-refractivity contribution in [2.75, 3.05) is 0 Å². The third-order valence-corrected chi connectivity index (χ3v) is 7.43. The van der Waals surface area contributed by atoms with Gasteiger partial charge in [0, 0.05) is 0 Å². The Morgan fingerprint density at radius 3 is 1.27 bits per heavy atom. The third-order valence-electron chi connectivity index (χ3n) is 7.43. The highest BCUT2D eigenvalue weighted by molar-refractivity contribution is 5.72. The number of benzene rings is 5. The fourth-order valence-electron chi connectivity index (χ4n) is 4.11. The number of hydrogen-bond acceptors (Lipinski definition) is 1. The van der Waals surface area contributed by atoms with Crippen LogP contribution in [0, 0.1) is 41.5 Å². The lowest BCUT2D eigenvalue weighted by Gasteiger charge is -2.10. The third kappa shape index (κ3) is 22.9. The fraction of sp³-hybridized carbons (Fsp3) is 0.220. The SMILES string of the molecule is C=C/C=C\C(=C)C(=C)C.CC(C)=O.CCc1ccc(C)c(-c2ccccc2C)c1.Cc1ccccc1.Cc1ccccc1.Cc1ccccc1C. The second-order valence-electron chi connectivity index (χ2n) is 12.5. The molecule has 0 saturated carbocycles. The summed E-state index contributed by atoms with van der Waals surface area (Å²) >= 11 is 0. The van der Waals surface area contributed by atoms with Gasteiger partial charge in [0.05, 0.1) is 0 Å². The molecule has 0 aromatic heterocycles. The molecule has 0 heterocycles. The summed E-state index contributed by atoms with van der Waals surface area (Å²) in [7, 11) is 0. The van der Waals surface area contributed by atoms with Crippen molar-refractivity contribution in [1.29, 1.82) is 0 Å². The molecular weight excluding hydrogens is 617 g/mol. The van der Waals surface area contributed by atoms with Gasteiger partial charge in [-0.1, -0.05) is 189 Å². The Morgan fingerprint density at radius 1 is 0.549 bits per heavy atom. The smallest absolute Gasteiger partial charge is 0.126 e. The van der Waals surface area contributed by atoms with Crippen molar-refractivity contribution in [2.45, 2.75) is 75.7 Å². The van der Waals surface area contributed by atoms with Gasteiger partial charge in [-0.25, -0.2) is 0 Å². The van der Waals surface area contributed by atoms with Crippen molar-refractivity contribution >= 4 is 5.78 Å². The van der Waals surface area contributed by atoms with Gasteiger partial charge in [-0.15, -0.1) is 0 Å². The Morgan fingerprint density at radius 2 is 0.941 bits per heavy atom. The number of aryl methyl sites for hydroxylation is 7. The minimum Gasteiger partial charge on any atom is -0.300 e. The normalized spacial score (nSPS) is 9.29. The summed E-state index contributed by atoms with van der Waals surface area (Å²) < 4.78 is 0. The van der Waals surface area contributed by atoms with Crippen molar-refractivity contribution in [3.63, 3.8) is 0 Å². The summed E-state index contributed by atoms with van der Waals surface area (Å²) in [5.41, 5.74) is 14.2. The molecule has 0 fully saturated rings. The molecule has 0 amide bonds. The van der Waals surface area contributed by atoms with Crippen LogP contribution < -0.4 is 0 Å². The molecule has 0 aliphatic carbocycles. The number of Topliss-reactive ketones (excluding diaryl/α,β-unsaturated/α-hetero) is 1. The molecule has 5 rings (SSSR count). The van der Waals surface area contributed by atoms with Gasteiger partial charge in [-0.2, -0.15) is 0 Å². The van der Waals surface area contributed by atoms with Crippen molar-refractivity contribution in [1.82, 2.24) is 0 Å². The van der Waals surface area contributed by atoms with Gasteiger partial charge in [-0.05, 0) is 113 Å². The second-order valence-corrected chi connectivity index (χ2v) is 12.5. The zero-order valence-electron chi connectivity index (χ0n) is 33.1. The Balaban J connectivity index is 0.000000622. The molecule has 0 spiro atoms. The topological polar surface area (TPSA) is 17.1 Å². The number of rotatable bonds is 5. The lowest BCUT2D eigenvalue weighted by Crippen LogP contribution is -1.89. The summed E-state index contributed by atoms with van der Waals surface area (Å²) in [5.74, 6) is 0.167. The summed E-state index contributed by atoms with van der Waals surface area (Å²) in [6.45, 7) is 31.0. The van der Waals surface area contributed by atoms with Crippen LogP contribution in [0.25, 0.3) is 11.1 Å². The van der Waals surface area contributed by atoms with Crippen LogP contribution in [0.15, 0.2) is 177 Å². The number of hydrogen-bond donors (Lipinski definition) is 0. The monoisotopic (exact) mass is 678 g/mol. The Hall–Kier alpha value is -5.27. The first-order valence-corrected chi connectivity index (χ1v) is 17.5. The minimum atomic E-state index is 0.167. The first kappa shape index (κ1) is 45.7. The van der Waals surface area contributed by atoms with Gasteiger partial charge in [0.2, 0.25) is 0 Å². The van der Waals surface area contributed by atoms with E-state index in [4.69, 9.17) is 0 Å². The largest absolute Gasteiger partial charge is 0.300 e. The van der Waals surface area contributed by atoms with E-state index < -0.39 is 0 Å². The molecule has 1 heteroatoms. The maximum atomic E-state index is 9.44. The molecule has 0 radical (unpaired) electrons. The standard InChI is InChI=1S/C16H18.C9H12.C8H10.2C7H8.C3H6O/c1-4-14-10-9-13(3)16(11-14)15-8-6-5-7-12(15)2;1-5-6-7-9(4)8(2)3;1-7-5-3-4-6-8(7)2;2*1-7-5-3-2-4-6-7;1-3(2)4/h5-11H,4H2,1-3H3;5-7H,1-2,4H2,3H3;3-6H,1-2H3;2*2-6H,1H3;1-2H3/b;7-6-;;;;. The molecule has 51 heavy (non-hydrogen) atoms. The van der Waals surface area contributed by atoms with Gasteiger partial charge in [0.25, 0.3) is 0 Å². The zero-order valence-corrected chi connectivity index (χ0v) is 33.1. The van der Waals surface area contributed by atoms with E-state index in [2.05, 4.69) is 159 Å². The number of allylic oxidation sites excluding steroid dienone is 5. The molecule has 5 aromatic carbocycles. The van der Waals surface area contributed by atoms with Crippen molar-refractivity contribution in [3.05, 3.63) is 215 Å². The van der Waals surface area contributed by atoms with Crippen LogP contribution in [0.2, 0.25) is 0 Å². The number of carbonyl (C=O) groups is 1. The minimum absolute atomic E-state index is 0.167. The average Bonchev–Trinajstić information content (AvgIpc) is 3.11. The van der Waals surface area contributed by atoms with Crippen LogP contribution in [0.1, 0.15) is 66.6 Å². The average molecular weight is 679 g/mol. The highest BCUT2D eigenvalue weighted by Gasteiger charge is 2.05. The lowest BCUT2D eigenvalue weighted by atomic mass is 9.94. The van der Waals surface area contributed by atoms with Crippen LogP contribution >= 0.6 is 0 Å². The predicted molar refractivity (Wildman–Crippen MR) is 229 cm³/mol. The van der Waals surface area contributed by atoms with Crippen LogP contribution in [0.4, 0.5) is 0 Å². The highest BCUT2D eigenvalue weighted by atomic mass is 16.1. The van der Waals surface area contributed by atoms with Gasteiger partial charge in [-0.3, -0.25) is 0 Å². The quantitative estimate of drug-likeness (QED) is 0.169. The molecule has 1 nitrogen and oxygen atoms in total. The lowest BCUT2D eigenvalue weighted by molar-refractivity contribution is -0.115.